The summed E-state index contributed by atoms with van der Waals surface area (Å²) in [5.74, 6) is 0.879. The van der Waals surface area contributed by atoms with Gasteiger partial charge in [-0.25, -0.2) is 0 Å². The van der Waals surface area contributed by atoms with Crippen molar-refractivity contribution in [2.75, 3.05) is 7.11 Å². The largest absolute Gasteiger partial charge is 0.496 e. The van der Waals surface area contributed by atoms with Crippen LogP contribution in [0.25, 0.3) is 0 Å². The van der Waals surface area contributed by atoms with E-state index in [4.69, 9.17) is 4.74 Å². The first-order valence-electron chi connectivity index (χ1n) is 6.18. The highest BCUT2D eigenvalue weighted by molar-refractivity contribution is 5.41. The Kier molecular flexibility index (Phi) is 4.52. The van der Waals surface area contributed by atoms with Crippen LogP contribution in [0.1, 0.15) is 43.5 Å². The number of nitrogens with zero attached hydrogens (tertiary/aromatic N) is 1. The summed E-state index contributed by atoms with van der Waals surface area (Å²) in [5, 5.41) is 10.4. The molecule has 0 aliphatic carbocycles. The predicted octanol–water partition coefficient (Wildman–Crippen LogP) is 2.80. The van der Waals surface area contributed by atoms with Crippen molar-refractivity contribution in [2.45, 2.75) is 52.6 Å². The summed E-state index contributed by atoms with van der Waals surface area (Å²) in [5.41, 5.74) is 2.34. The van der Waals surface area contributed by atoms with Gasteiger partial charge in [0.05, 0.1) is 12.7 Å². The fourth-order valence-electron chi connectivity index (χ4n) is 2.06. The zero-order valence-electron chi connectivity index (χ0n) is 11.5. The third kappa shape index (κ3) is 2.97. The second kappa shape index (κ2) is 5.50. The lowest BCUT2D eigenvalue weighted by atomic mass is 9.90. The van der Waals surface area contributed by atoms with E-state index in [-0.39, 0.29) is 0 Å². The van der Waals surface area contributed by atoms with Crippen LogP contribution in [0, 0.1) is 13.8 Å². The molecule has 1 aromatic heterocycles. The van der Waals surface area contributed by atoms with E-state index < -0.39 is 5.60 Å². The van der Waals surface area contributed by atoms with Crippen LogP contribution in [0.2, 0.25) is 0 Å². The van der Waals surface area contributed by atoms with E-state index in [0.717, 1.165) is 35.4 Å². The minimum atomic E-state index is -0.655. The molecule has 0 saturated heterocycles. The van der Waals surface area contributed by atoms with Crippen LogP contribution >= 0.6 is 0 Å². The number of aliphatic hydroxyl groups is 1. The first kappa shape index (κ1) is 14.0. The van der Waals surface area contributed by atoms with Crippen LogP contribution < -0.4 is 4.74 Å². The van der Waals surface area contributed by atoms with Crippen molar-refractivity contribution in [3.63, 3.8) is 0 Å². The van der Waals surface area contributed by atoms with Gasteiger partial charge in [0.15, 0.2) is 0 Å². The van der Waals surface area contributed by atoms with Crippen LogP contribution in [0.5, 0.6) is 5.75 Å². The van der Waals surface area contributed by atoms with Crippen molar-refractivity contribution in [2.24, 2.45) is 0 Å². The van der Waals surface area contributed by atoms with E-state index in [2.05, 4.69) is 4.98 Å². The molecule has 0 amide bonds. The molecule has 0 fully saturated rings. The van der Waals surface area contributed by atoms with Gasteiger partial charge in [0.1, 0.15) is 5.75 Å². The molecule has 1 N–H and O–H groups in total. The third-order valence-electron chi connectivity index (χ3n) is 3.56. The van der Waals surface area contributed by atoms with Crippen molar-refractivity contribution in [1.29, 1.82) is 0 Å². The third-order valence-corrected chi connectivity index (χ3v) is 3.56. The summed E-state index contributed by atoms with van der Waals surface area (Å²) >= 11 is 0. The molecule has 0 saturated carbocycles. The van der Waals surface area contributed by atoms with Gasteiger partial charge in [0.2, 0.25) is 0 Å². The first-order chi connectivity index (χ1) is 7.97. The number of aryl methyl sites for hydroxylation is 1. The normalized spacial score (nSPS) is 11.6. The van der Waals surface area contributed by atoms with Crippen molar-refractivity contribution in [1.82, 2.24) is 4.98 Å². The van der Waals surface area contributed by atoms with Gasteiger partial charge in [-0.3, -0.25) is 4.98 Å². The van der Waals surface area contributed by atoms with Gasteiger partial charge in [-0.1, -0.05) is 13.8 Å². The first-order valence-corrected chi connectivity index (χ1v) is 6.18. The van der Waals surface area contributed by atoms with Gasteiger partial charge in [-0.2, -0.15) is 0 Å². The molecule has 1 heterocycles. The number of aromatic nitrogens is 1. The molecule has 17 heavy (non-hydrogen) atoms. The maximum Gasteiger partial charge on any atom is 0.128 e. The highest BCUT2D eigenvalue weighted by Gasteiger charge is 2.25. The molecule has 3 heteroatoms. The van der Waals surface area contributed by atoms with Crippen LogP contribution in [-0.2, 0) is 6.42 Å². The zero-order chi connectivity index (χ0) is 13.1. The molecule has 0 aliphatic heterocycles. The van der Waals surface area contributed by atoms with Gasteiger partial charge in [-0.15, -0.1) is 0 Å². The summed E-state index contributed by atoms with van der Waals surface area (Å²) < 4.78 is 5.38. The maximum atomic E-state index is 10.4. The van der Waals surface area contributed by atoms with Crippen LogP contribution in [0.3, 0.4) is 0 Å². The Hall–Kier alpha value is -1.09. The number of pyridine rings is 1. The van der Waals surface area contributed by atoms with Crippen molar-refractivity contribution >= 4 is 0 Å². The Balaban J connectivity index is 3.08. The van der Waals surface area contributed by atoms with Crippen molar-refractivity contribution in [3.8, 4) is 5.75 Å². The molecule has 96 valence electrons. The fourth-order valence-corrected chi connectivity index (χ4v) is 2.06. The number of rotatable bonds is 5. The fraction of sp³-hybridized carbons (Fsp3) is 0.643. The Labute approximate surface area is 104 Å². The van der Waals surface area contributed by atoms with E-state index in [1.165, 1.54) is 0 Å². The average Bonchev–Trinajstić information content (AvgIpc) is 2.33. The summed E-state index contributed by atoms with van der Waals surface area (Å²) in [6.07, 6.45) is 3.87. The molecule has 0 unspecified atom stereocenters. The molecule has 0 aliphatic rings. The van der Waals surface area contributed by atoms with Crippen LogP contribution in [0.15, 0.2) is 6.20 Å². The zero-order valence-corrected chi connectivity index (χ0v) is 11.5. The van der Waals surface area contributed by atoms with Gasteiger partial charge in [-0.05, 0) is 26.7 Å². The van der Waals surface area contributed by atoms with Crippen molar-refractivity contribution < 1.29 is 9.84 Å². The van der Waals surface area contributed by atoms with Crippen molar-refractivity contribution in [3.05, 3.63) is 23.0 Å². The molecule has 1 rings (SSSR count). The Morgan fingerprint density at radius 1 is 1.29 bits per heavy atom. The number of methoxy groups -OCH3 is 1. The summed E-state index contributed by atoms with van der Waals surface area (Å²) in [6, 6.07) is 0. The Bertz CT molecular complexity index is 384. The predicted molar refractivity (Wildman–Crippen MR) is 69.5 cm³/mol. The molecule has 0 bridgehead atoms. The molecule has 1 aromatic rings. The molecule has 3 nitrogen and oxygen atoms in total. The molecule has 0 aromatic carbocycles. The lowest BCUT2D eigenvalue weighted by molar-refractivity contribution is 0.0315. The maximum absolute atomic E-state index is 10.4. The van der Waals surface area contributed by atoms with Gasteiger partial charge in [0, 0.05) is 29.4 Å². The molecular weight excluding hydrogens is 214 g/mol. The smallest absolute Gasteiger partial charge is 0.128 e. The van der Waals surface area contributed by atoms with E-state index in [1.54, 1.807) is 7.11 Å². The standard InChI is InChI=1S/C14H23NO2/c1-6-14(16,7-2)8-12-11(4)13(17-5)10(3)9-15-12/h9,16H,6-8H2,1-5H3. The van der Waals surface area contributed by atoms with Gasteiger partial charge in [0.25, 0.3) is 0 Å². The lowest BCUT2D eigenvalue weighted by Crippen LogP contribution is -2.30. The molecule has 0 radical (unpaired) electrons. The number of ether oxygens (including phenoxy) is 1. The Morgan fingerprint density at radius 3 is 2.35 bits per heavy atom. The van der Waals surface area contributed by atoms with E-state index in [0.29, 0.717) is 6.42 Å². The molecule has 0 atom stereocenters. The summed E-state index contributed by atoms with van der Waals surface area (Å²) in [4.78, 5) is 4.43. The van der Waals surface area contributed by atoms with E-state index >= 15 is 0 Å². The lowest BCUT2D eigenvalue weighted by Gasteiger charge is -2.26. The van der Waals surface area contributed by atoms with Crippen LogP contribution in [-0.4, -0.2) is 22.8 Å². The minimum absolute atomic E-state index is 0.586. The Morgan fingerprint density at radius 2 is 1.88 bits per heavy atom. The van der Waals surface area contributed by atoms with E-state index in [9.17, 15) is 5.11 Å². The molecular formula is C14H23NO2. The topological polar surface area (TPSA) is 42.4 Å². The van der Waals surface area contributed by atoms with Crippen LogP contribution in [0.4, 0.5) is 0 Å². The van der Waals surface area contributed by atoms with Gasteiger partial charge < -0.3 is 9.84 Å². The number of hydrogen-bond donors (Lipinski definition) is 1. The second-order valence-corrected chi connectivity index (χ2v) is 4.65. The summed E-state index contributed by atoms with van der Waals surface area (Å²) in [6.45, 7) is 7.99. The quantitative estimate of drug-likeness (QED) is 0.856. The SMILES string of the molecule is CCC(O)(CC)Cc1ncc(C)c(OC)c1C. The number of hydrogen-bond acceptors (Lipinski definition) is 3. The second-order valence-electron chi connectivity index (χ2n) is 4.65. The van der Waals surface area contributed by atoms with Gasteiger partial charge >= 0.3 is 0 Å². The average molecular weight is 237 g/mol. The monoisotopic (exact) mass is 237 g/mol. The highest BCUT2D eigenvalue weighted by Crippen LogP contribution is 2.28. The highest BCUT2D eigenvalue weighted by atomic mass is 16.5. The van der Waals surface area contributed by atoms with E-state index in [1.807, 2.05) is 33.9 Å². The minimum Gasteiger partial charge on any atom is -0.496 e. The molecule has 0 spiro atoms. The summed E-state index contributed by atoms with van der Waals surface area (Å²) in [7, 11) is 1.67.